The average molecular weight is 483 g/mol. The molecule has 0 aliphatic heterocycles. The smallest absolute Gasteiger partial charge is 0.277 e. The normalized spacial score (nSPS) is 11.0. The summed E-state index contributed by atoms with van der Waals surface area (Å²) < 4.78 is 8.30. The Kier molecular flexibility index (Phi) is 6.91. The summed E-state index contributed by atoms with van der Waals surface area (Å²) in [5, 5.41) is 15.1. The fourth-order valence-electron chi connectivity index (χ4n) is 3.23. The minimum Gasteiger partial charge on any atom is -0.545 e. The van der Waals surface area contributed by atoms with E-state index in [9.17, 15) is 14.7 Å². The lowest BCUT2D eigenvalue weighted by Gasteiger charge is -2.14. The molecule has 0 unspecified atom stereocenters. The maximum atomic E-state index is 12.0. The van der Waals surface area contributed by atoms with Crippen LogP contribution in [0.4, 0.5) is 0 Å². The number of carboxylic acid groups (broad SMARTS) is 1. The van der Waals surface area contributed by atoms with Crippen LogP contribution in [0.5, 0.6) is 5.75 Å². The van der Waals surface area contributed by atoms with E-state index >= 15 is 0 Å². The number of aromatic nitrogens is 1. The number of benzene rings is 2. The molecule has 0 aliphatic rings. The van der Waals surface area contributed by atoms with Crippen molar-refractivity contribution in [1.82, 2.24) is 9.99 Å². The zero-order valence-electron chi connectivity index (χ0n) is 17.3. The molecule has 0 saturated heterocycles. The van der Waals surface area contributed by atoms with Gasteiger partial charge in [-0.15, -0.1) is 0 Å². The van der Waals surface area contributed by atoms with Crippen LogP contribution in [-0.4, -0.2) is 29.3 Å². The zero-order chi connectivity index (χ0) is 22.5. The van der Waals surface area contributed by atoms with E-state index in [0.717, 1.165) is 32.7 Å². The third-order valence-electron chi connectivity index (χ3n) is 4.70. The second-order valence-corrected chi connectivity index (χ2v) is 7.91. The number of nitrogens with zero attached hydrogens (tertiary/aromatic N) is 2. The van der Waals surface area contributed by atoms with Gasteiger partial charge in [-0.2, -0.15) is 5.10 Å². The molecule has 2 aromatic carbocycles. The number of nitrogens with one attached hydrogen (secondary N) is 1. The van der Waals surface area contributed by atoms with Crippen molar-refractivity contribution in [2.75, 3.05) is 6.61 Å². The number of hydrogen-bond acceptors (Lipinski definition) is 5. The number of carbonyl (C=O) groups excluding carboxylic acids is 2. The molecular weight excluding hydrogens is 462 g/mol. The van der Waals surface area contributed by atoms with Crippen molar-refractivity contribution in [2.45, 2.75) is 20.8 Å². The number of aryl methyl sites for hydroxylation is 2. The third kappa shape index (κ3) is 5.40. The third-order valence-corrected chi connectivity index (χ3v) is 5.20. The van der Waals surface area contributed by atoms with Crippen LogP contribution in [0.1, 0.15) is 32.9 Å². The van der Waals surface area contributed by atoms with Crippen LogP contribution in [0.15, 0.2) is 58.1 Å². The second kappa shape index (κ2) is 9.61. The maximum Gasteiger partial charge on any atom is 0.277 e. The van der Waals surface area contributed by atoms with E-state index in [1.807, 2.05) is 43.5 Å². The lowest BCUT2D eigenvalue weighted by atomic mass is 10.1. The lowest BCUT2D eigenvalue weighted by molar-refractivity contribution is -0.255. The molecule has 8 heteroatoms. The van der Waals surface area contributed by atoms with Gasteiger partial charge in [0, 0.05) is 27.1 Å². The van der Waals surface area contributed by atoms with Crippen LogP contribution in [0.3, 0.4) is 0 Å². The van der Waals surface area contributed by atoms with Crippen molar-refractivity contribution < 1.29 is 19.4 Å². The van der Waals surface area contributed by atoms with Crippen molar-refractivity contribution in [2.24, 2.45) is 5.10 Å². The molecule has 7 nitrogen and oxygen atoms in total. The van der Waals surface area contributed by atoms with Gasteiger partial charge < -0.3 is 19.2 Å². The Morgan fingerprint density at radius 1 is 1.16 bits per heavy atom. The molecule has 0 radical (unpaired) electrons. The van der Waals surface area contributed by atoms with Gasteiger partial charge in [-0.3, -0.25) is 4.79 Å². The molecular formula is C23H21BrN3O4-. The molecule has 1 N–H and O–H groups in total. The molecule has 1 aromatic heterocycles. The number of carboxylic acids is 1. The Hall–Kier alpha value is -3.39. The van der Waals surface area contributed by atoms with Crippen molar-refractivity contribution in [1.29, 1.82) is 0 Å². The lowest BCUT2D eigenvalue weighted by Crippen LogP contribution is -2.24. The molecule has 0 saturated carbocycles. The zero-order valence-corrected chi connectivity index (χ0v) is 18.9. The van der Waals surface area contributed by atoms with Crippen LogP contribution in [-0.2, 0) is 4.79 Å². The fraction of sp³-hybridized carbons (Fsp3) is 0.174. The van der Waals surface area contributed by atoms with Crippen molar-refractivity contribution in [3.63, 3.8) is 0 Å². The summed E-state index contributed by atoms with van der Waals surface area (Å²) in [5.74, 6) is -1.00. The first-order valence-electron chi connectivity index (χ1n) is 9.48. The summed E-state index contributed by atoms with van der Waals surface area (Å²) in [4.78, 5) is 23.1. The summed E-state index contributed by atoms with van der Waals surface area (Å²) in [6, 6.07) is 14.0. The second-order valence-electron chi connectivity index (χ2n) is 6.99. The number of carbonyl (C=O) groups is 2. The van der Waals surface area contributed by atoms with Gasteiger partial charge in [0.1, 0.15) is 5.75 Å². The van der Waals surface area contributed by atoms with E-state index in [1.165, 1.54) is 6.07 Å². The number of amides is 1. The van der Waals surface area contributed by atoms with Crippen LogP contribution < -0.4 is 15.3 Å². The predicted molar refractivity (Wildman–Crippen MR) is 120 cm³/mol. The highest BCUT2D eigenvalue weighted by molar-refractivity contribution is 9.10. The monoisotopic (exact) mass is 482 g/mol. The molecule has 31 heavy (non-hydrogen) atoms. The van der Waals surface area contributed by atoms with Gasteiger partial charge in [-0.05, 0) is 68.3 Å². The van der Waals surface area contributed by atoms with Crippen molar-refractivity contribution in [3.8, 4) is 11.4 Å². The SMILES string of the molecule is Cc1cc(C(=O)[O-])ccc1-n1c(C)cc(/C=N/NC(=O)COc2cccc(Br)c2)c1C. The minimum atomic E-state index is -1.21. The number of hydrogen-bond donors (Lipinski definition) is 1. The highest BCUT2D eigenvalue weighted by Crippen LogP contribution is 2.23. The highest BCUT2D eigenvalue weighted by Gasteiger charge is 2.12. The molecule has 3 aromatic rings. The number of rotatable bonds is 7. The Morgan fingerprint density at radius 2 is 1.94 bits per heavy atom. The van der Waals surface area contributed by atoms with Crippen molar-refractivity contribution in [3.05, 3.63) is 81.1 Å². The molecule has 3 rings (SSSR count). The molecule has 0 fully saturated rings. The fourth-order valence-corrected chi connectivity index (χ4v) is 3.61. The first kappa shape index (κ1) is 22.3. The molecule has 160 valence electrons. The largest absolute Gasteiger partial charge is 0.545 e. The van der Waals surface area contributed by atoms with Crippen LogP contribution >= 0.6 is 15.9 Å². The van der Waals surface area contributed by atoms with Gasteiger partial charge in [0.05, 0.1) is 12.2 Å². The molecule has 0 aliphatic carbocycles. The number of hydrazone groups is 1. The van der Waals surface area contributed by atoms with Gasteiger partial charge >= 0.3 is 0 Å². The topological polar surface area (TPSA) is 95.7 Å². The number of aromatic carboxylic acids is 1. The molecule has 0 spiro atoms. The summed E-state index contributed by atoms with van der Waals surface area (Å²) in [6.07, 6.45) is 1.57. The summed E-state index contributed by atoms with van der Waals surface area (Å²) in [5.41, 5.74) is 6.96. The van der Waals surface area contributed by atoms with E-state index in [4.69, 9.17) is 4.74 Å². The van der Waals surface area contributed by atoms with Crippen molar-refractivity contribution >= 4 is 34.0 Å². The Balaban J connectivity index is 1.68. The number of halogens is 1. The molecule has 1 heterocycles. The first-order valence-corrected chi connectivity index (χ1v) is 10.3. The van der Waals surface area contributed by atoms with Crippen LogP contribution in [0.2, 0.25) is 0 Å². The van der Waals surface area contributed by atoms with Gasteiger partial charge in [0.15, 0.2) is 6.61 Å². The average Bonchev–Trinajstić information content (AvgIpc) is 3.00. The predicted octanol–water partition coefficient (Wildman–Crippen LogP) is 3.06. The van der Waals surface area contributed by atoms with Crippen LogP contribution in [0.25, 0.3) is 5.69 Å². The van der Waals surface area contributed by atoms with E-state index in [0.29, 0.717) is 5.75 Å². The van der Waals surface area contributed by atoms with Gasteiger partial charge in [-0.25, -0.2) is 5.43 Å². The summed E-state index contributed by atoms with van der Waals surface area (Å²) >= 11 is 3.35. The summed E-state index contributed by atoms with van der Waals surface area (Å²) in [7, 11) is 0. The Morgan fingerprint density at radius 3 is 2.61 bits per heavy atom. The van der Waals surface area contributed by atoms with Gasteiger partial charge in [0.25, 0.3) is 5.91 Å². The van der Waals surface area contributed by atoms with Gasteiger partial charge in [-0.1, -0.05) is 28.1 Å². The van der Waals surface area contributed by atoms with Crippen LogP contribution in [0, 0.1) is 20.8 Å². The summed E-state index contributed by atoms with van der Waals surface area (Å²) in [6.45, 7) is 5.57. The molecule has 0 atom stereocenters. The Bertz CT molecular complexity index is 1170. The quantitative estimate of drug-likeness (QED) is 0.413. The van der Waals surface area contributed by atoms with E-state index in [2.05, 4.69) is 26.5 Å². The molecule has 1 amide bonds. The van der Waals surface area contributed by atoms with Gasteiger partial charge in [0.2, 0.25) is 0 Å². The van der Waals surface area contributed by atoms with E-state index in [1.54, 1.807) is 30.5 Å². The number of ether oxygens (including phenoxy) is 1. The first-order chi connectivity index (χ1) is 14.8. The maximum absolute atomic E-state index is 12.0. The standard InChI is InChI=1S/C23H22BrN3O4/c1-14-9-17(23(29)30)7-8-21(14)27-15(2)10-18(16(27)3)12-25-26-22(28)13-31-20-6-4-5-19(24)11-20/h4-12H,13H2,1-3H3,(H,26,28)(H,29,30)/p-1/b25-12+. The molecule has 0 bridgehead atoms. The highest BCUT2D eigenvalue weighted by atomic mass is 79.9. The van der Waals surface area contributed by atoms with E-state index in [-0.39, 0.29) is 18.1 Å². The van der Waals surface area contributed by atoms with E-state index < -0.39 is 5.97 Å². The Labute approximate surface area is 188 Å². The minimum absolute atomic E-state index is 0.137.